The van der Waals surface area contributed by atoms with E-state index in [1.165, 1.54) is 6.07 Å². The van der Waals surface area contributed by atoms with Crippen molar-refractivity contribution in [2.45, 2.75) is 13.1 Å². The molecule has 0 spiro atoms. The van der Waals surface area contributed by atoms with Crippen LogP contribution in [-0.4, -0.2) is 22.8 Å². The Morgan fingerprint density at radius 1 is 1.23 bits per heavy atom. The van der Waals surface area contributed by atoms with Gasteiger partial charge in [0.05, 0.1) is 10.5 Å². The summed E-state index contributed by atoms with van der Waals surface area (Å²) in [6, 6.07) is 12.3. The van der Waals surface area contributed by atoms with Crippen molar-refractivity contribution < 1.29 is 9.72 Å². The number of para-hydroxylation sites is 1. The SMILES string of the molecule is Cc1ccc(C2Nc3ccccc3C(=O)N2C)cc1[N+](=O)[O-]. The minimum absolute atomic E-state index is 0.0546. The number of benzene rings is 2. The van der Waals surface area contributed by atoms with Crippen LogP contribution in [0.3, 0.4) is 0 Å². The Hall–Kier alpha value is -2.89. The van der Waals surface area contributed by atoms with Gasteiger partial charge in [-0.1, -0.05) is 24.3 Å². The van der Waals surface area contributed by atoms with Gasteiger partial charge in [0.25, 0.3) is 11.6 Å². The predicted octanol–water partition coefficient (Wildman–Crippen LogP) is 3.10. The first-order chi connectivity index (χ1) is 10.5. The van der Waals surface area contributed by atoms with Crippen LogP contribution >= 0.6 is 0 Å². The van der Waals surface area contributed by atoms with Gasteiger partial charge in [0.2, 0.25) is 0 Å². The summed E-state index contributed by atoms with van der Waals surface area (Å²) in [7, 11) is 1.68. The predicted molar refractivity (Wildman–Crippen MR) is 82.7 cm³/mol. The lowest BCUT2D eigenvalue weighted by Gasteiger charge is -2.35. The molecule has 1 heterocycles. The zero-order chi connectivity index (χ0) is 15.9. The van der Waals surface area contributed by atoms with Crippen LogP contribution in [0.1, 0.15) is 27.7 Å². The second-order valence-electron chi connectivity index (χ2n) is 5.31. The fourth-order valence-electron chi connectivity index (χ4n) is 2.65. The van der Waals surface area contributed by atoms with Gasteiger partial charge in [-0.25, -0.2) is 0 Å². The summed E-state index contributed by atoms with van der Waals surface area (Å²) in [4.78, 5) is 24.7. The molecule has 0 bridgehead atoms. The van der Waals surface area contributed by atoms with E-state index >= 15 is 0 Å². The number of carbonyl (C=O) groups is 1. The van der Waals surface area contributed by atoms with Gasteiger partial charge in [0, 0.05) is 29.9 Å². The van der Waals surface area contributed by atoms with Crippen LogP contribution in [0.25, 0.3) is 0 Å². The highest BCUT2D eigenvalue weighted by Gasteiger charge is 2.30. The summed E-state index contributed by atoms with van der Waals surface area (Å²) in [6.45, 7) is 1.69. The summed E-state index contributed by atoms with van der Waals surface area (Å²) < 4.78 is 0. The molecular formula is C16H15N3O3. The van der Waals surface area contributed by atoms with Gasteiger partial charge in [-0.15, -0.1) is 0 Å². The van der Waals surface area contributed by atoms with Gasteiger partial charge in [-0.2, -0.15) is 0 Å². The average molecular weight is 297 g/mol. The highest BCUT2D eigenvalue weighted by molar-refractivity contribution is 6.01. The molecule has 1 N–H and O–H groups in total. The van der Waals surface area contributed by atoms with Crippen LogP contribution in [0.15, 0.2) is 42.5 Å². The molecule has 112 valence electrons. The van der Waals surface area contributed by atoms with Crippen molar-refractivity contribution in [2.24, 2.45) is 0 Å². The highest BCUT2D eigenvalue weighted by Crippen LogP contribution is 2.33. The van der Waals surface area contributed by atoms with Crippen LogP contribution in [0.4, 0.5) is 11.4 Å². The Bertz CT molecular complexity index is 773. The molecule has 1 aliphatic rings. The highest BCUT2D eigenvalue weighted by atomic mass is 16.6. The van der Waals surface area contributed by atoms with E-state index in [0.29, 0.717) is 16.7 Å². The normalized spacial score (nSPS) is 16.9. The molecule has 22 heavy (non-hydrogen) atoms. The smallest absolute Gasteiger partial charge is 0.272 e. The number of nitrogens with one attached hydrogen (secondary N) is 1. The quantitative estimate of drug-likeness (QED) is 0.682. The number of fused-ring (bicyclic) bond motifs is 1. The van der Waals surface area contributed by atoms with Crippen LogP contribution < -0.4 is 5.32 Å². The number of carbonyl (C=O) groups excluding carboxylic acids is 1. The number of nitrogens with zero attached hydrogens (tertiary/aromatic N) is 2. The third-order valence-corrected chi connectivity index (χ3v) is 3.90. The molecule has 2 aromatic carbocycles. The zero-order valence-electron chi connectivity index (χ0n) is 12.2. The molecule has 1 unspecified atom stereocenters. The maximum Gasteiger partial charge on any atom is 0.272 e. The summed E-state index contributed by atoms with van der Waals surface area (Å²) in [5.74, 6) is -0.109. The van der Waals surface area contributed by atoms with E-state index < -0.39 is 11.1 Å². The Morgan fingerprint density at radius 2 is 1.95 bits per heavy atom. The number of hydrogen-bond acceptors (Lipinski definition) is 4. The number of nitro groups is 1. The lowest BCUT2D eigenvalue weighted by molar-refractivity contribution is -0.385. The fourth-order valence-corrected chi connectivity index (χ4v) is 2.65. The maximum absolute atomic E-state index is 12.4. The van der Waals surface area contributed by atoms with E-state index in [1.807, 2.05) is 18.2 Å². The Labute approximate surface area is 127 Å². The van der Waals surface area contributed by atoms with E-state index in [1.54, 1.807) is 37.1 Å². The van der Waals surface area contributed by atoms with Crippen molar-refractivity contribution in [3.63, 3.8) is 0 Å². The molecule has 1 atom stereocenters. The van der Waals surface area contributed by atoms with Crippen LogP contribution in [0, 0.1) is 17.0 Å². The Morgan fingerprint density at radius 3 is 2.68 bits per heavy atom. The summed E-state index contributed by atoms with van der Waals surface area (Å²) >= 11 is 0. The molecule has 0 aliphatic carbocycles. The second-order valence-corrected chi connectivity index (χ2v) is 5.31. The molecule has 0 saturated carbocycles. The lowest BCUT2D eigenvalue weighted by Crippen LogP contribution is -2.40. The van der Waals surface area contributed by atoms with Crippen molar-refractivity contribution in [1.82, 2.24) is 4.90 Å². The van der Waals surface area contributed by atoms with Gasteiger partial charge in [0.1, 0.15) is 6.17 Å². The van der Waals surface area contributed by atoms with Crippen LogP contribution in [-0.2, 0) is 0 Å². The first-order valence-corrected chi connectivity index (χ1v) is 6.86. The van der Waals surface area contributed by atoms with E-state index in [4.69, 9.17) is 0 Å². The molecule has 2 aromatic rings. The van der Waals surface area contributed by atoms with E-state index in [9.17, 15) is 14.9 Å². The van der Waals surface area contributed by atoms with Gasteiger partial charge < -0.3 is 10.2 Å². The van der Waals surface area contributed by atoms with Gasteiger partial charge in [-0.3, -0.25) is 14.9 Å². The van der Waals surface area contributed by atoms with Crippen molar-refractivity contribution in [1.29, 1.82) is 0 Å². The molecule has 6 nitrogen and oxygen atoms in total. The van der Waals surface area contributed by atoms with Gasteiger partial charge in [0.15, 0.2) is 0 Å². The molecule has 0 fully saturated rings. The number of hydrogen-bond donors (Lipinski definition) is 1. The summed E-state index contributed by atoms with van der Waals surface area (Å²) in [5.41, 5.74) is 2.67. The first kappa shape index (κ1) is 14.1. The van der Waals surface area contributed by atoms with Crippen LogP contribution in [0.2, 0.25) is 0 Å². The van der Waals surface area contributed by atoms with Crippen molar-refractivity contribution in [2.75, 3.05) is 12.4 Å². The number of rotatable bonds is 2. The van der Waals surface area contributed by atoms with E-state index in [0.717, 1.165) is 5.69 Å². The summed E-state index contributed by atoms with van der Waals surface area (Å²) in [6.07, 6.45) is -0.429. The second kappa shape index (κ2) is 5.14. The molecule has 0 saturated heterocycles. The largest absolute Gasteiger partial charge is 0.361 e. The molecule has 3 rings (SSSR count). The zero-order valence-corrected chi connectivity index (χ0v) is 12.2. The van der Waals surface area contributed by atoms with Crippen molar-refractivity contribution in [3.8, 4) is 0 Å². The van der Waals surface area contributed by atoms with Crippen molar-refractivity contribution in [3.05, 3.63) is 69.3 Å². The average Bonchev–Trinajstić information content (AvgIpc) is 2.51. The minimum atomic E-state index is -0.429. The molecule has 1 amide bonds. The molecule has 0 aromatic heterocycles. The molecule has 1 aliphatic heterocycles. The van der Waals surface area contributed by atoms with Gasteiger partial charge in [-0.05, 0) is 19.1 Å². The molecule has 0 radical (unpaired) electrons. The molecule has 6 heteroatoms. The fraction of sp³-hybridized carbons (Fsp3) is 0.188. The molecular weight excluding hydrogens is 282 g/mol. The van der Waals surface area contributed by atoms with Gasteiger partial charge >= 0.3 is 0 Å². The van der Waals surface area contributed by atoms with Crippen molar-refractivity contribution >= 4 is 17.3 Å². The standard InChI is InChI=1S/C16H15N3O3/c1-10-7-8-11(9-14(10)19(21)22)15-17-13-6-4-3-5-12(13)16(20)18(15)2/h3-9,15,17H,1-2H3. The van der Waals surface area contributed by atoms with Crippen LogP contribution in [0.5, 0.6) is 0 Å². The Kier molecular flexibility index (Phi) is 3.29. The first-order valence-electron chi connectivity index (χ1n) is 6.86. The number of nitro benzene ring substituents is 1. The number of amides is 1. The number of anilines is 1. The van der Waals surface area contributed by atoms with E-state index in [-0.39, 0.29) is 11.6 Å². The maximum atomic E-state index is 12.4. The minimum Gasteiger partial charge on any atom is -0.361 e. The summed E-state index contributed by atoms with van der Waals surface area (Å²) in [5, 5.41) is 14.4. The third kappa shape index (κ3) is 2.18. The Balaban J connectivity index is 2.05. The monoisotopic (exact) mass is 297 g/mol. The lowest BCUT2D eigenvalue weighted by atomic mass is 10.0. The van der Waals surface area contributed by atoms with E-state index in [2.05, 4.69) is 5.32 Å². The number of aryl methyl sites for hydroxylation is 1. The third-order valence-electron chi connectivity index (χ3n) is 3.90. The topological polar surface area (TPSA) is 75.5 Å².